The first kappa shape index (κ1) is 10.1. The zero-order valence-electron chi connectivity index (χ0n) is 8.94. The highest BCUT2D eigenvalue weighted by atomic mass is 32.2. The van der Waals surface area contributed by atoms with E-state index in [-0.39, 0.29) is 5.60 Å². The van der Waals surface area contributed by atoms with E-state index in [0.29, 0.717) is 11.5 Å². The van der Waals surface area contributed by atoms with Gasteiger partial charge in [-0.1, -0.05) is 0 Å². The molecule has 3 nitrogen and oxygen atoms in total. The largest absolute Gasteiger partial charge is 0.375 e. The van der Waals surface area contributed by atoms with Crippen molar-refractivity contribution in [1.29, 1.82) is 0 Å². The number of ether oxygens (including phenoxy) is 1. The highest BCUT2D eigenvalue weighted by molar-refractivity contribution is 7.91. The second-order valence-corrected chi connectivity index (χ2v) is 7.74. The maximum absolute atomic E-state index is 11.4. The fourth-order valence-corrected chi connectivity index (χ4v) is 4.55. The SMILES string of the molecule is O=S1(=O)CCC2(CC[C@H]3C[C@@H]3CO2)CC1. The van der Waals surface area contributed by atoms with Gasteiger partial charge in [-0.15, -0.1) is 0 Å². The highest BCUT2D eigenvalue weighted by Gasteiger charge is 2.46. The Kier molecular flexibility index (Phi) is 2.15. The van der Waals surface area contributed by atoms with E-state index in [1.54, 1.807) is 0 Å². The quantitative estimate of drug-likeness (QED) is 0.631. The van der Waals surface area contributed by atoms with Gasteiger partial charge in [0.25, 0.3) is 0 Å². The summed E-state index contributed by atoms with van der Waals surface area (Å²) in [6.07, 6.45) is 5.15. The lowest BCUT2D eigenvalue weighted by atomic mass is 9.90. The van der Waals surface area contributed by atoms with Gasteiger partial charge in [-0.05, 0) is 43.9 Å². The smallest absolute Gasteiger partial charge is 0.150 e. The number of rotatable bonds is 0. The molecule has 15 heavy (non-hydrogen) atoms. The summed E-state index contributed by atoms with van der Waals surface area (Å²) in [6, 6.07) is 0. The van der Waals surface area contributed by atoms with Crippen LogP contribution >= 0.6 is 0 Å². The number of sulfone groups is 1. The van der Waals surface area contributed by atoms with Crippen LogP contribution in [0.15, 0.2) is 0 Å². The zero-order valence-corrected chi connectivity index (χ0v) is 9.76. The molecular formula is C11H18O3S. The van der Waals surface area contributed by atoms with Crippen molar-refractivity contribution in [3.8, 4) is 0 Å². The maximum atomic E-state index is 11.4. The Labute approximate surface area is 91.1 Å². The molecule has 0 aromatic carbocycles. The van der Waals surface area contributed by atoms with Gasteiger partial charge in [0.05, 0.1) is 23.7 Å². The van der Waals surface area contributed by atoms with Gasteiger partial charge in [0, 0.05) is 0 Å². The summed E-state index contributed by atoms with van der Waals surface area (Å²) < 4.78 is 28.8. The predicted octanol–water partition coefficient (Wildman–Crippen LogP) is 1.38. The Hall–Kier alpha value is -0.0900. The molecule has 3 fully saturated rings. The molecule has 0 amide bonds. The molecule has 0 aromatic heterocycles. The van der Waals surface area contributed by atoms with Crippen molar-refractivity contribution in [2.45, 2.75) is 37.7 Å². The van der Waals surface area contributed by atoms with Crippen LogP contribution in [0, 0.1) is 11.8 Å². The zero-order chi connectivity index (χ0) is 10.5. The Bertz CT molecular complexity index is 332. The highest BCUT2D eigenvalue weighted by Crippen LogP contribution is 2.49. The van der Waals surface area contributed by atoms with Crippen molar-refractivity contribution < 1.29 is 13.2 Å². The van der Waals surface area contributed by atoms with E-state index in [0.717, 1.165) is 37.7 Å². The molecule has 2 saturated heterocycles. The molecule has 2 heterocycles. The predicted molar refractivity (Wildman–Crippen MR) is 57.4 cm³/mol. The molecule has 2 atom stereocenters. The lowest BCUT2D eigenvalue weighted by Gasteiger charge is -2.36. The lowest BCUT2D eigenvalue weighted by molar-refractivity contribution is -0.0562. The minimum absolute atomic E-state index is 0.0707. The van der Waals surface area contributed by atoms with Gasteiger partial charge in [-0.25, -0.2) is 8.42 Å². The molecular weight excluding hydrogens is 212 g/mol. The molecule has 0 aromatic rings. The first-order valence-corrected chi connectivity index (χ1v) is 7.75. The van der Waals surface area contributed by atoms with Crippen LogP contribution in [0.25, 0.3) is 0 Å². The average Bonchev–Trinajstić information content (AvgIpc) is 2.93. The van der Waals surface area contributed by atoms with Crippen LogP contribution in [0.3, 0.4) is 0 Å². The van der Waals surface area contributed by atoms with Crippen molar-refractivity contribution in [2.24, 2.45) is 11.8 Å². The summed E-state index contributed by atoms with van der Waals surface area (Å²) in [5.74, 6) is 2.36. The fraction of sp³-hybridized carbons (Fsp3) is 1.00. The number of hydrogen-bond donors (Lipinski definition) is 0. The van der Waals surface area contributed by atoms with Crippen LogP contribution in [-0.4, -0.2) is 32.1 Å². The van der Waals surface area contributed by atoms with Crippen molar-refractivity contribution in [2.75, 3.05) is 18.1 Å². The molecule has 86 valence electrons. The van der Waals surface area contributed by atoms with Gasteiger partial charge in [-0.2, -0.15) is 0 Å². The van der Waals surface area contributed by atoms with Crippen molar-refractivity contribution in [3.05, 3.63) is 0 Å². The third kappa shape index (κ3) is 1.94. The molecule has 0 N–H and O–H groups in total. The summed E-state index contributed by atoms with van der Waals surface area (Å²) in [7, 11) is -2.75. The Balaban J connectivity index is 1.70. The minimum Gasteiger partial charge on any atom is -0.375 e. The van der Waals surface area contributed by atoms with Crippen LogP contribution < -0.4 is 0 Å². The van der Waals surface area contributed by atoms with Crippen molar-refractivity contribution >= 4 is 9.84 Å². The van der Waals surface area contributed by atoms with E-state index in [9.17, 15) is 8.42 Å². The van der Waals surface area contributed by atoms with Gasteiger partial charge in [0.2, 0.25) is 0 Å². The third-order valence-corrected chi connectivity index (χ3v) is 6.03. The first-order valence-electron chi connectivity index (χ1n) is 5.93. The van der Waals surface area contributed by atoms with Gasteiger partial charge in [0.15, 0.2) is 9.84 Å². The van der Waals surface area contributed by atoms with Gasteiger partial charge < -0.3 is 4.74 Å². The molecule has 1 saturated carbocycles. The van der Waals surface area contributed by atoms with E-state index in [1.165, 1.54) is 12.8 Å². The van der Waals surface area contributed by atoms with E-state index >= 15 is 0 Å². The van der Waals surface area contributed by atoms with Crippen LogP contribution in [0.2, 0.25) is 0 Å². The van der Waals surface area contributed by atoms with Crippen LogP contribution in [0.1, 0.15) is 32.1 Å². The third-order valence-electron chi connectivity index (χ3n) is 4.38. The summed E-state index contributed by atoms with van der Waals surface area (Å²) in [6.45, 7) is 0.880. The Morgan fingerprint density at radius 2 is 1.80 bits per heavy atom. The molecule has 1 spiro atoms. The van der Waals surface area contributed by atoms with E-state index in [2.05, 4.69) is 0 Å². The van der Waals surface area contributed by atoms with Gasteiger partial charge >= 0.3 is 0 Å². The molecule has 0 bridgehead atoms. The monoisotopic (exact) mass is 230 g/mol. The summed E-state index contributed by atoms with van der Waals surface area (Å²) in [5.41, 5.74) is -0.0707. The molecule has 1 aliphatic carbocycles. The van der Waals surface area contributed by atoms with Crippen LogP contribution in [-0.2, 0) is 14.6 Å². The summed E-state index contributed by atoms with van der Waals surface area (Å²) in [4.78, 5) is 0. The second-order valence-electron chi connectivity index (χ2n) is 5.44. The summed E-state index contributed by atoms with van der Waals surface area (Å²) >= 11 is 0. The van der Waals surface area contributed by atoms with Gasteiger partial charge in [0.1, 0.15) is 0 Å². The molecule has 3 aliphatic rings. The molecule has 3 rings (SSSR count). The Morgan fingerprint density at radius 3 is 2.53 bits per heavy atom. The Morgan fingerprint density at radius 1 is 1.07 bits per heavy atom. The minimum atomic E-state index is -2.75. The normalized spacial score (nSPS) is 41.9. The molecule has 0 radical (unpaired) electrons. The fourth-order valence-electron chi connectivity index (χ4n) is 2.98. The van der Waals surface area contributed by atoms with Crippen LogP contribution in [0.4, 0.5) is 0 Å². The number of hydrogen-bond acceptors (Lipinski definition) is 3. The molecule has 2 aliphatic heterocycles. The van der Waals surface area contributed by atoms with E-state index < -0.39 is 9.84 Å². The number of fused-ring (bicyclic) bond motifs is 1. The van der Waals surface area contributed by atoms with Crippen LogP contribution in [0.5, 0.6) is 0 Å². The summed E-state index contributed by atoms with van der Waals surface area (Å²) in [5, 5.41) is 0. The standard InChI is InChI=1S/C11H18O3S/c12-15(13)5-3-11(4-6-15)2-1-9-7-10(9)8-14-11/h9-10H,1-8H2/t9-,10+/m0/s1. The first-order chi connectivity index (χ1) is 7.09. The van der Waals surface area contributed by atoms with Crippen molar-refractivity contribution in [3.63, 3.8) is 0 Å². The van der Waals surface area contributed by atoms with Gasteiger partial charge in [-0.3, -0.25) is 0 Å². The van der Waals surface area contributed by atoms with Crippen molar-refractivity contribution in [1.82, 2.24) is 0 Å². The lowest BCUT2D eigenvalue weighted by Crippen LogP contribution is -2.41. The average molecular weight is 230 g/mol. The molecule has 4 heteroatoms. The maximum Gasteiger partial charge on any atom is 0.150 e. The van der Waals surface area contributed by atoms with E-state index in [4.69, 9.17) is 4.74 Å². The van der Waals surface area contributed by atoms with E-state index in [1.807, 2.05) is 0 Å². The topological polar surface area (TPSA) is 43.4 Å². The second kappa shape index (κ2) is 3.20. The molecule has 0 unspecified atom stereocenters.